The average molecular weight is 604 g/mol. The Morgan fingerprint density at radius 1 is 1.31 bits per heavy atom. The summed E-state index contributed by atoms with van der Waals surface area (Å²) in [6.07, 6.45) is -2.70. The number of benzene rings is 1. The van der Waals surface area contributed by atoms with Crippen molar-refractivity contribution in [1.82, 2.24) is 24.6 Å². The molecule has 0 radical (unpaired) electrons. The van der Waals surface area contributed by atoms with Crippen molar-refractivity contribution in [1.29, 1.82) is 5.26 Å². The number of imidazole rings is 1. The average Bonchev–Trinajstić information content (AvgIpc) is 3.46. The molecule has 0 amide bonds. The van der Waals surface area contributed by atoms with Gasteiger partial charge >= 0.3 is 13.7 Å². The van der Waals surface area contributed by atoms with Gasteiger partial charge in [0.1, 0.15) is 29.4 Å². The second kappa shape index (κ2) is 12.6. The standard InChI is InChI=1S/C26H34N7O8P/c1-6-37-22-19-21(30-25(28)31-22)33(14-29-19)24-26(5,13-27)20(34)18(40-24)12-38-42(36,41-17-10-8-7-9-11-17)32-16(4)23(35)39-15(2)3/h7-11,14-16,18,20,24,34H,6,12H2,1-5H3,(H,32,36)(H2,28,30,31)/t16-,18-,20-,24-,26-,42+/m1/s1. The van der Waals surface area contributed by atoms with E-state index in [1.165, 1.54) is 24.7 Å². The number of nitrogen functional groups attached to an aromatic ring is 1. The topological polar surface area (TPSA) is 206 Å². The van der Waals surface area contributed by atoms with Gasteiger partial charge in [-0.15, -0.1) is 0 Å². The van der Waals surface area contributed by atoms with Gasteiger partial charge in [0.05, 0.1) is 31.7 Å². The van der Waals surface area contributed by atoms with Crippen LogP contribution in [0.2, 0.25) is 0 Å². The van der Waals surface area contributed by atoms with E-state index in [1.807, 2.05) is 0 Å². The number of aliphatic hydroxyl groups excluding tert-OH is 1. The fourth-order valence-electron chi connectivity index (χ4n) is 4.34. The van der Waals surface area contributed by atoms with Crippen molar-refractivity contribution in [3.63, 3.8) is 0 Å². The Hall–Kier alpha value is -3.80. The lowest BCUT2D eigenvalue weighted by Crippen LogP contribution is -2.39. The Morgan fingerprint density at radius 2 is 2.02 bits per heavy atom. The summed E-state index contributed by atoms with van der Waals surface area (Å²) >= 11 is 0. The second-order valence-electron chi connectivity index (χ2n) is 10.0. The number of nitrogens with one attached hydrogen (secondary N) is 1. The van der Waals surface area contributed by atoms with Gasteiger partial charge < -0.3 is 29.6 Å². The second-order valence-corrected chi connectivity index (χ2v) is 11.7. The third kappa shape index (κ3) is 6.48. The van der Waals surface area contributed by atoms with Crippen LogP contribution in [0.25, 0.3) is 11.2 Å². The lowest BCUT2D eigenvalue weighted by atomic mass is 9.84. The highest BCUT2D eigenvalue weighted by molar-refractivity contribution is 7.52. The van der Waals surface area contributed by atoms with Crippen LogP contribution in [-0.4, -0.2) is 68.2 Å². The highest BCUT2D eigenvalue weighted by Gasteiger charge is 2.56. The number of nitrogens with zero attached hydrogens (tertiary/aromatic N) is 5. The van der Waals surface area contributed by atoms with Crippen LogP contribution in [0.15, 0.2) is 36.7 Å². The third-order valence-corrected chi connectivity index (χ3v) is 8.04. The van der Waals surface area contributed by atoms with Crippen LogP contribution < -0.4 is 20.1 Å². The normalized spacial score (nSPS) is 24.2. The summed E-state index contributed by atoms with van der Waals surface area (Å²) in [5.41, 5.74) is 4.86. The van der Waals surface area contributed by atoms with E-state index in [4.69, 9.17) is 29.0 Å². The van der Waals surface area contributed by atoms with E-state index < -0.39 is 56.3 Å². The highest BCUT2D eigenvalue weighted by atomic mass is 31.2. The summed E-state index contributed by atoms with van der Waals surface area (Å²) in [5, 5.41) is 23.9. The lowest BCUT2D eigenvalue weighted by molar-refractivity contribution is -0.149. The van der Waals surface area contributed by atoms with Crippen molar-refractivity contribution in [2.45, 2.75) is 65.2 Å². The van der Waals surface area contributed by atoms with Crippen LogP contribution in [-0.2, 0) is 23.4 Å². The SMILES string of the molecule is CCOc1nc(N)nc2c1ncn2[C@@H]1O[C@H](CO[P@@](=O)(N[C@H](C)C(=O)OC(C)C)Oc2ccccc2)[C@@H](O)[C@@]1(C)C#N. The van der Waals surface area contributed by atoms with Gasteiger partial charge in [-0.05, 0) is 46.8 Å². The van der Waals surface area contributed by atoms with E-state index >= 15 is 0 Å². The van der Waals surface area contributed by atoms with Crippen molar-refractivity contribution in [3.8, 4) is 17.7 Å². The molecule has 1 aromatic carbocycles. The number of para-hydroxylation sites is 1. The number of aliphatic hydroxyl groups is 1. The maximum Gasteiger partial charge on any atom is 0.459 e. The van der Waals surface area contributed by atoms with Crippen molar-refractivity contribution in [2.75, 3.05) is 18.9 Å². The molecule has 0 unspecified atom stereocenters. The maximum absolute atomic E-state index is 13.9. The van der Waals surface area contributed by atoms with Gasteiger partial charge in [-0.1, -0.05) is 18.2 Å². The maximum atomic E-state index is 13.9. The van der Waals surface area contributed by atoms with E-state index in [2.05, 4.69) is 26.1 Å². The predicted octanol–water partition coefficient (Wildman–Crippen LogP) is 2.73. The largest absolute Gasteiger partial charge is 0.476 e. The Labute approximate surface area is 242 Å². The summed E-state index contributed by atoms with van der Waals surface area (Å²) in [6.45, 7) is 7.93. The van der Waals surface area contributed by atoms with Crippen LogP contribution in [0.3, 0.4) is 0 Å². The molecule has 1 aliphatic rings. The van der Waals surface area contributed by atoms with E-state index in [1.54, 1.807) is 51.1 Å². The fourth-order valence-corrected chi connectivity index (χ4v) is 5.84. The molecule has 2 aromatic heterocycles. The third-order valence-electron chi connectivity index (χ3n) is 6.40. The number of fused-ring (bicyclic) bond motifs is 1. The van der Waals surface area contributed by atoms with Crippen LogP contribution in [0, 0.1) is 16.7 Å². The zero-order chi connectivity index (χ0) is 30.7. The van der Waals surface area contributed by atoms with Crippen molar-refractivity contribution in [3.05, 3.63) is 36.7 Å². The molecule has 226 valence electrons. The minimum Gasteiger partial charge on any atom is -0.476 e. The lowest BCUT2D eigenvalue weighted by Gasteiger charge is -2.26. The number of carbonyl (C=O) groups excluding carboxylic acids is 1. The van der Waals surface area contributed by atoms with Gasteiger partial charge in [0, 0.05) is 0 Å². The first-order chi connectivity index (χ1) is 19.9. The van der Waals surface area contributed by atoms with Gasteiger partial charge in [0.25, 0.3) is 0 Å². The molecule has 4 N–H and O–H groups in total. The van der Waals surface area contributed by atoms with Gasteiger partial charge in [-0.25, -0.2) is 9.55 Å². The summed E-state index contributed by atoms with van der Waals surface area (Å²) < 4.78 is 43.5. The number of nitrogens with two attached hydrogens (primary N) is 1. The molecular weight excluding hydrogens is 569 g/mol. The van der Waals surface area contributed by atoms with Crippen molar-refractivity contribution < 1.29 is 37.7 Å². The van der Waals surface area contributed by atoms with Crippen molar-refractivity contribution in [2.24, 2.45) is 5.41 Å². The zero-order valence-corrected chi connectivity index (χ0v) is 24.7. The molecule has 42 heavy (non-hydrogen) atoms. The minimum absolute atomic E-state index is 0.0834. The molecule has 16 heteroatoms. The molecule has 0 spiro atoms. The zero-order valence-electron chi connectivity index (χ0n) is 23.8. The number of rotatable bonds is 12. The van der Waals surface area contributed by atoms with Crippen LogP contribution in [0.5, 0.6) is 11.6 Å². The first kappa shape index (κ1) is 31.1. The molecule has 0 aliphatic carbocycles. The Morgan fingerprint density at radius 3 is 2.67 bits per heavy atom. The minimum atomic E-state index is -4.26. The summed E-state index contributed by atoms with van der Waals surface area (Å²) in [7, 11) is -4.26. The predicted molar refractivity (Wildman–Crippen MR) is 149 cm³/mol. The first-order valence-electron chi connectivity index (χ1n) is 13.3. The molecule has 3 aromatic rings. The number of carbonyl (C=O) groups is 1. The van der Waals surface area contributed by atoms with E-state index in [0.29, 0.717) is 6.61 Å². The van der Waals surface area contributed by atoms with Crippen LogP contribution in [0.1, 0.15) is 40.8 Å². The molecule has 3 heterocycles. The van der Waals surface area contributed by atoms with E-state index in [0.717, 1.165) is 0 Å². The van der Waals surface area contributed by atoms with Crippen LogP contribution in [0.4, 0.5) is 5.95 Å². The molecule has 6 atom stereocenters. The van der Waals surface area contributed by atoms with Gasteiger partial charge in [-0.2, -0.15) is 20.3 Å². The number of hydrogen-bond acceptors (Lipinski definition) is 13. The number of hydrogen-bond donors (Lipinski definition) is 3. The van der Waals surface area contributed by atoms with E-state index in [-0.39, 0.29) is 28.7 Å². The highest BCUT2D eigenvalue weighted by Crippen LogP contribution is 2.49. The van der Waals surface area contributed by atoms with Crippen LogP contribution >= 0.6 is 7.75 Å². The number of esters is 1. The number of ether oxygens (including phenoxy) is 3. The van der Waals surface area contributed by atoms with E-state index in [9.17, 15) is 19.7 Å². The monoisotopic (exact) mass is 603 g/mol. The molecule has 1 aliphatic heterocycles. The fraction of sp³-hybridized carbons (Fsp3) is 0.500. The smallest absolute Gasteiger partial charge is 0.459 e. The summed E-state index contributed by atoms with van der Waals surface area (Å²) in [6, 6.07) is 9.26. The molecule has 1 saturated heterocycles. The van der Waals surface area contributed by atoms with Gasteiger partial charge in [0.15, 0.2) is 17.4 Å². The summed E-state index contributed by atoms with van der Waals surface area (Å²) in [4.78, 5) is 25.1. The first-order valence-corrected chi connectivity index (χ1v) is 14.8. The number of anilines is 1. The van der Waals surface area contributed by atoms with Gasteiger partial charge in [-0.3, -0.25) is 13.9 Å². The molecule has 1 fully saturated rings. The molecule has 4 rings (SSSR count). The number of aromatic nitrogens is 4. The molecule has 0 bridgehead atoms. The quantitative estimate of drug-likeness (QED) is 0.201. The Balaban J connectivity index is 1.60. The Bertz CT molecular complexity index is 1500. The van der Waals surface area contributed by atoms with Crippen molar-refractivity contribution >= 4 is 30.8 Å². The Kier molecular flexibility index (Phi) is 9.34. The van der Waals surface area contributed by atoms with Gasteiger partial charge in [0.2, 0.25) is 11.8 Å². The molecular formula is C26H34N7O8P. The number of nitriles is 1. The molecule has 15 nitrogen and oxygen atoms in total. The molecule has 0 saturated carbocycles. The summed E-state index contributed by atoms with van der Waals surface area (Å²) in [5.74, 6) is -0.386.